The fraction of sp³-hybridized carbons (Fsp3) is 0.333. The summed E-state index contributed by atoms with van der Waals surface area (Å²) >= 11 is 0. The molecule has 0 radical (unpaired) electrons. The number of nitrogens with zero attached hydrogens (tertiary/aromatic N) is 2. The summed E-state index contributed by atoms with van der Waals surface area (Å²) in [6, 6.07) is 4.00. The SMILES string of the molecule is CCc1oc(C(=O)N2CCN(C(=O)c3ccc(=O)[nH]c3)CC2)cc1C(=O)O. The molecule has 3 heterocycles. The normalized spacial score (nSPS) is 14.3. The molecule has 0 saturated carbocycles. The van der Waals surface area contributed by atoms with Crippen molar-refractivity contribution in [2.75, 3.05) is 26.2 Å². The number of H-pyrrole nitrogens is 1. The van der Waals surface area contributed by atoms with E-state index in [9.17, 15) is 24.3 Å². The lowest BCUT2D eigenvalue weighted by molar-refractivity contribution is 0.0517. The van der Waals surface area contributed by atoms with Crippen LogP contribution in [0.1, 0.15) is 44.0 Å². The van der Waals surface area contributed by atoms with Crippen molar-refractivity contribution in [2.24, 2.45) is 0 Å². The Morgan fingerprint density at radius 2 is 1.74 bits per heavy atom. The standard InChI is InChI=1S/C18H19N3O6/c1-2-13-12(18(25)26)9-14(27-13)17(24)21-7-5-20(6-8-21)16(23)11-3-4-15(22)19-10-11/h3-4,9-10H,2,5-8H2,1H3,(H,19,22)(H,25,26). The predicted octanol–water partition coefficient (Wildman–Crippen LogP) is 0.827. The first kappa shape index (κ1) is 18.4. The van der Waals surface area contributed by atoms with Gasteiger partial charge in [-0.2, -0.15) is 0 Å². The van der Waals surface area contributed by atoms with E-state index in [1.165, 1.54) is 29.3 Å². The number of hydrogen-bond donors (Lipinski definition) is 2. The molecule has 9 heteroatoms. The van der Waals surface area contributed by atoms with Gasteiger partial charge in [-0.3, -0.25) is 14.4 Å². The summed E-state index contributed by atoms with van der Waals surface area (Å²) in [4.78, 5) is 52.9. The Kier molecular flexibility index (Phi) is 5.11. The molecule has 0 atom stereocenters. The summed E-state index contributed by atoms with van der Waals surface area (Å²) in [6.07, 6.45) is 1.74. The highest BCUT2D eigenvalue weighted by atomic mass is 16.4. The van der Waals surface area contributed by atoms with Crippen LogP contribution in [-0.4, -0.2) is 63.9 Å². The van der Waals surface area contributed by atoms with E-state index in [1.807, 2.05) is 0 Å². The monoisotopic (exact) mass is 373 g/mol. The predicted molar refractivity (Wildman–Crippen MR) is 93.9 cm³/mol. The fourth-order valence-electron chi connectivity index (χ4n) is 2.97. The van der Waals surface area contributed by atoms with Crippen LogP contribution in [0.4, 0.5) is 0 Å². The number of aromatic amines is 1. The van der Waals surface area contributed by atoms with E-state index in [1.54, 1.807) is 11.8 Å². The number of carboxylic acid groups (broad SMARTS) is 1. The van der Waals surface area contributed by atoms with E-state index in [2.05, 4.69) is 4.98 Å². The van der Waals surface area contributed by atoms with Gasteiger partial charge in [0.25, 0.3) is 11.8 Å². The topological polar surface area (TPSA) is 124 Å². The average molecular weight is 373 g/mol. The first-order valence-electron chi connectivity index (χ1n) is 8.54. The highest BCUT2D eigenvalue weighted by Crippen LogP contribution is 2.19. The maximum absolute atomic E-state index is 12.6. The van der Waals surface area contributed by atoms with Crippen LogP contribution < -0.4 is 5.56 Å². The van der Waals surface area contributed by atoms with Gasteiger partial charge < -0.3 is 24.3 Å². The van der Waals surface area contributed by atoms with E-state index < -0.39 is 11.9 Å². The lowest BCUT2D eigenvalue weighted by Crippen LogP contribution is -2.50. The third kappa shape index (κ3) is 3.76. The van der Waals surface area contributed by atoms with E-state index in [4.69, 9.17) is 4.42 Å². The fourth-order valence-corrected chi connectivity index (χ4v) is 2.97. The summed E-state index contributed by atoms with van der Waals surface area (Å²) < 4.78 is 5.41. The Bertz CT molecular complexity index is 916. The van der Waals surface area contributed by atoms with Gasteiger partial charge in [0.15, 0.2) is 5.76 Å². The van der Waals surface area contributed by atoms with Crippen LogP contribution in [0.15, 0.2) is 33.6 Å². The van der Waals surface area contributed by atoms with Gasteiger partial charge in [-0.05, 0) is 6.07 Å². The molecule has 2 aromatic rings. The van der Waals surface area contributed by atoms with Crippen LogP contribution in [0.3, 0.4) is 0 Å². The largest absolute Gasteiger partial charge is 0.478 e. The molecule has 2 amide bonds. The zero-order valence-electron chi connectivity index (χ0n) is 14.7. The van der Waals surface area contributed by atoms with E-state index in [-0.39, 0.29) is 28.6 Å². The molecule has 2 N–H and O–H groups in total. The third-order valence-corrected chi connectivity index (χ3v) is 4.46. The first-order valence-corrected chi connectivity index (χ1v) is 8.54. The zero-order chi connectivity index (χ0) is 19.6. The van der Waals surface area contributed by atoms with Crippen molar-refractivity contribution in [3.63, 3.8) is 0 Å². The number of aromatic carboxylic acids is 1. The Hall–Kier alpha value is -3.36. The summed E-state index contributed by atoms with van der Waals surface area (Å²) in [7, 11) is 0. The van der Waals surface area contributed by atoms with Crippen molar-refractivity contribution < 1.29 is 23.9 Å². The molecule has 1 aliphatic heterocycles. The molecule has 1 fully saturated rings. The molecule has 1 aliphatic rings. The minimum absolute atomic E-state index is 0.00673. The number of rotatable bonds is 4. The minimum Gasteiger partial charge on any atom is -0.478 e. The molecule has 0 bridgehead atoms. The number of pyridine rings is 1. The van der Waals surface area contributed by atoms with Crippen molar-refractivity contribution in [2.45, 2.75) is 13.3 Å². The second-order valence-electron chi connectivity index (χ2n) is 6.13. The van der Waals surface area contributed by atoms with E-state index in [0.29, 0.717) is 38.2 Å². The summed E-state index contributed by atoms with van der Waals surface area (Å²) in [5, 5.41) is 9.17. The van der Waals surface area contributed by atoms with Crippen LogP contribution >= 0.6 is 0 Å². The second kappa shape index (κ2) is 7.48. The number of aryl methyl sites for hydroxylation is 1. The number of amides is 2. The van der Waals surface area contributed by atoms with Crippen LogP contribution in [0.2, 0.25) is 0 Å². The molecule has 3 rings (SSSR count). The molecule has 1 saturated heterocycles. The van der Waals surface area contributed by atoms with Gasteiger partial charge in [0.2, 0.25) is 5.56 Å². The highest BCUT2D eigenvalue weighted by Gasteiger charge is 2.28. The first-order chi connectivity index (χ1) is 12.9. The van der Waals surface area contributed by atoms with Gasteiger partial charge in [0.1, 0.15) is 11.3 Å². The molecule has 0 unspecified atom stereocenters. The molecule has 9 nitrogen and oxygen atoms in total. The average Bonchev–Trinajstić information content (AvgIpc) is 3.12. The third-order valence-electron chi connectivity index (χ3n) is 4.46. The minimum atomic E-state index is -1.13. The van der Waals surface area contributed by atoms with E-state index >= 15 is 0 Å². The lowest BCUT2D eigenvalue weighted by atomic mass is 10.2. The molecule has 27 heavy (non-hydrogen) atoms. The zero-order valence-corrected chi connectivity index (χ0v) is 14.7. The van der Waals surface area contributed by atoms with Gasteiger partial charge in [0, 0.05) is 50.9 Å². The van der Waals surface area contributed by atoms with Gasteiger partial charge in [0.05, 0.1) is 5.56 Å². The van der Waals surface area contributed by atoms with Crippen LogP contribution in [0, 0.1) is 0 Å². The van der Waals surface area contributed by atoms with Crippen LogP contribution in [-0.2, 0) is 6.42 Å². The molecule has 142 valence electrons. The number of aromatic nitrogens is 1. The van der Waals surface area contributed by atoms with Crippen molar-refractivity contribution >= 4 is 17.8 Å². The number of furan rings is 1. The maximum Gasteiger partial charge on any atom is 0.339 e. The number of carboxylic acids is 1. The Morgan fingerprint density at radius 3 is 2.22 bits per heavy atom. The lowest BCUT2D eigenvalue weighted by Gasteiger charge is -2.34. The Morgan fingerprint density at radius 1 is 1.11 bits per heavy atom. The van der Waals surface area contributed by atoms with Gasteiger partial charge in [-0.25, -0.2) is 4.79 Å². The molecule has 2 aromatic heterocycles. The number of piperazine rings is 1. The van der Waals surface area contributed by atoms with Crippen molar-refractivity contribution in [1.82, 2.24) is 14.8 Å². The summed E-state index contributed by atoms with van der Waals surface area (Å²) in [6.45, 7) is 3.02. The molecule has 0 aromatic carbocycles. The number of nitrogens with one attached hydrogen (secondary N) is 1. The molecule has 0 spiro atoms. The quantitative estimate of drug-likeness (QED) is 0.818. The van der Waals surface area contributed by atoms with Gasteiger partial charge in [-0.15, -0.1) is 0 Å². The Labute approximate surface area is 154 Å². The van der Waals surface area contributed by atoms with Crippen molar-refractivity contribution in [3.05, 3.63) is 57.4 Å². The highest BCUT2D eigenvalue weighted by molar-refractivity contribution is 5.97. The summed E-state index contributed by atoms with van der Waals surface area (Å²) in [5.41, 5.74) is 0.0828. The van der Waals surface area contributed by atoms with Gasteiger partial charge >= 0.3 is 5.97 Å². The molecule has 0 aliphatic carbocycles. The number of carbonyl (C=O) groups excluding carboxylic acids is 2. The number of hydrogen-bond acceptors (Lipinski definition) is 5. The van der Waals surface area contributed by atoms with Crippen molar-refractivity contribution in [3.8, 4) is 0 Å². The van der Waals surface area contributed by atoms with Crippen molar-refractivity contribution in [1.29, 1.82) is 0 Å². The molecular formula is C18H19N3O6. The van der Waals surface area contributed by atoms with Crippen LogP contribution in [0.5, 0.6) is 0 Å². The van der Waals surface area contributed by atoms with Gasteiger partial charge in [-0.1, -0.05) is 6.92 Å². The van der Waals surface area contributed by atoms with E-state index in [0.717, 1.165) is 0 Å². The Balaban J connectivity index is 1.66. The van der Waals surface area contributed by atoms with Crippen LogP contribution in [0.25, 0.3) is 0 Å². The summed E-state index contributed by atoms with van der Waals surface area (Å²) in [5.74, 6) is -1.50. The number of carbonyl (C=O) groups is 3. The second-order valence-corrected chi connectivity index (χ2v) is 6.13. The molecular weight excluding hydrogens is 354 g/mol. The maximum atomic E-state index is 12.6. The smallest absolute Gasteiger partial charge is 0.339 e.